The van der Waals surface area contributed by atoms with Crippen LogP contribution < -0.4 is 5.32 Å². The van der Waals surface area contributed by atoms with E-state index in [9.17, 15) is 0 Å². The average molecular weight is 153 g/mol. The van der Waals surface area contributed by atoms with Crippen molar-refractivity contribution in [1.82, 2.24) is 5.32 Å². The molecule has 0 bridgehead atoms. The topological polar surface area (TPSA) is 12.0 Å². The first-order valence-electron chi connectivity index (χ1n) is 4.71. The molecule has 1 N–H and O–H groups in total. The zero-order valence-electron chi connectivity index (χ0n) is 7.91. The molecule has 64 valence electrons. The van der Waals surface area contributed by atoms with Crippen LogP contribution >= 0.6 is 0 Å². The Morgan fingerprint density at radius 1 is 1.45 bits per heavy atom. The minimum absolute atomic E-state index is 0.734. The highest BCUT2D eigenvalue weighted by Gasteiger charge is 2.12. The van der Waals surface area contributed by atoms with Crippen LogP contribution in [0.3, 0.4) is 0 Å². The van der Waals surface area contributed by atoms with Crippen LogP contribution in [0.2, 0.25) is 0 Å². The first-order valence-corrected chi connectivity index (χ1v) is 4.71. The highest BCUT2D eigenvalue weighted by atomic mass is 14.9. The fourth-order valence-electron chi connectivity index (χ4n) is 1.77. The van der Waals surface area contributed by atoms with Crippen molar-refractivity contribution in [3.05, 3.63) is 11.3 Å². The molecule has 1 nitrogen and oxygen atoms in total. The van der Waals surface area contributed by atoms with Gasteiger partial charge in [0.05, 0.1) is 0 Å². The van der Waals surface area contributed by atoms with Gasteiger partial charge in [-0.15, -0.1) is 0 Å². The first kappa shape index (κ1) is 8.63. The smallest absolute Gasteiger partial charge is 0.0147 e. The van der Waals surface area contributed by atoms with Gasteiger partial charge in [-0.2, -0.15) is 0 Å². The Bertz CT molecular complexity index is 156. The van der Waals surface area contributed by atoms with Crippen molar-refractivity contribution < 1.29 is 0 Å². The normalized spacial score (nSPS) is 18.9. The highest BCUT2D eigenvalue weighted by Crippen LogP contribution is 2.23. The van der Waals surface area contributed by atoms with Gasteiger partial charge in [0.25, 0.3) is 0 Å². The molecule has 1 heterocycles. The van der Waals surface area contributed by atoms with E-state index in [0.717, 1.165) is 5.92 Å². The fourth-order valence-corrected chi connectivity index (χ4v) is 1.77. The molecule has 0 unspecified atom stereocenters. The Hall–Kier alpha value is -0.460. The molecule has 1 aliphatic rings. The molecule has 0 amide bonds. The molecule has 0 aromatic carbocycles. The monoisotopic (exact) mass is 153 g/mol. The molecular formula is C10H19N. The molecule has 0 saturated carbocycles. The van der Waals surface area contributed by atoms with Crippen LogP contribution in [0.5, 0.6) is 0 Å². The summed E-state index contributed by atoms with van der Waals surface area (Å²) in [6, 6.07) is 0. The Kier molecular flexibility index (Phi) is 2.98. The van der Waals surface area contributed by atoms with Gasteiger partial charge in [0, 0.05) is 12.2 Å². The predicted octanol–water partition coefficient (Wildman–Crippen LogP) is 2.69. The zero-order chi connectivity index (χ0) is 8.27. The number of allylic oxidation sites excluding steroid dienone is 2. The van der Waals surface area contributed by atoms with Gasteiger partial charge >= 0.3 is 0 Å². The number of hydrogen-bond acceptors (Lipinski definition) is 1. The van der Waals surface area contributed by atoms with Gasteiger partial charge in [0.15, 0.2) is 0 Å². The molecular weight excluding hydrogens is 134 g/mol. The van der Waals surface area contributed by atoms with E-state index in [1.807, 2.05) is 0 Å². The summed E-state index contributed by atoms with van der Waals surface area (Å²) in [5.41, 5.74) is 3.16. The Morgan fingerprint density at radius 2 is 2.18 bits per heavy atom. The summed E-state index contributed by atoms with van der Waals surface area (Å²) < 4.78 is 0. The van der Waals surface area contributed by atoms with E-state index in [0.29, 0.717) is 0 Å². The molecule has 0 aromatic rings. The molecule has 0 radical (unpaired) electrons. The molecule has 1 heteroatoms. The number of hydrogen-bond donors (Lipinski definition) is 1. The van der Waals surface area contributed by atoms with E-state index in [1.165, 1.54) is 31.5 Å². The van der Waals surface area contributed by atoms with Gasteiger partial charge in [0.2, 0.25) is 0 Å². The van der Waals surface area contributed by atoms with Gasteiger partial charge in [-0.05, 0) is 30.8 Å². The van der Waals surface area contributed by atoms with Crippen LogP contribution in [0.4, 0.5) is 0 Å². The van der Waals surface area contributed by atoms with Crippen molar-refractivity contribution >= 4 is 0 Å². The van der Waals surface area contributed by atoms with E-state index in [1.54, 1.807) is 5.57 Å². The van der Waals surface area contributed by atoms with Crippen LogP contribution in [0.25, 0.3) is 0 Å². The second-order valence-electron chi connectivity index (χ2n) is 3.54. The maximum absolute atomic E-state index is 3.48. The van der Waals surface area contributed by atoms with Crippen molar-refractivity contribution in [2.75, 3.05) is 6.54 Å². The van der Waals surface area contributed by atoms with Crippen LogP contribution in [0.15, 0.2) is 11.3 Å². The van der Waals surface area contributed by atoms with Crippen molar-refractivity contribution in [2.45, 2.75) is 40.0 Å². The van der Waals surface area contributed by atoms with Crippen molar-refractivity contribution in [3.8, 4) is 0 Å². The van der Waals surface area contributed by atoms with Crippen LogP contribution in [0, 0.1) is 5.92 Å². The van der Waals surface area contributed by atoms with Crippen molar-refractivity contribution in [1.29, 1.82) is 0 Å². The van der Waals surface area contributed by atoms with E-state index in [4.69, 9.17) is 0 Å². The van der Waals surface area contributed by atoms with Crippen molar-refractivity contribution in [2.24, 2.45) is 5.92 Å². The van der Waals surface area contributed by atoms with Crippen LogP contribution in [0.1, 0.15) is 40.0 Å². The molecule has 11 heavy (non-hydrogen) atoms. The maximum Gasteiger partial charge on any atom is 0.0147 e. The average Bonchev–Trinajstić information content (AvgIpc) is 2.04. The summed E-state index contributed by atoms with van der Waals surface area (Å²) in [5.74, 6) is 0.734. The molecule has 0 saturated heterocycles. The van der Waals surface area contributed by atoms with Crippen LogP contribution in [-0.4, -0.2) is 6.54 Å². The lowest BCUT2D eigenvalue weighted by atomic mass is 9.93. The minimum Gasteiger partial charge on any atom is -0.388 e. The number of nitrogens with one attached hydrogen (secondary N) is 1. The standard InChI is InChI=1S/C10H19N/c1-4-10-9(8(2)3)6-5-7-11-10/h8,11H,4-7H2,1-3H3. The molecule has 0 atom stereocenters. The third-order valence-electron chi connectivity index (χ3n) is 2.40. The maximum atomic E-state index is 3.48. The lowest BCUT2D eigenvalue weighted by Gasteiger charge is -2.23. The molecule has 0 spiro atoms. The SMILES string of the molecule is CCC1=C(C(C)C)CCCN1. The third kappa shape index (κ3) is 1.98. The molecule has 0 aromatic heterocycles. The van der Waals surface area contributed by atoms with Gasteiger partial charge in [0.1, 0.15) is 0 Å². The predicted molar refractivity (Wildman–Crippen MR) is 49.4 cm³/mol. The summed E-state index contributed by atoms with van der Waals surface area (Å²) in [6.07, 6.45) is 3.80. The fraction of sp³-hybridized carbons (Fsp3) is 0.800. The second-order valence-corrected chi connectivity index (χ2v) is 3.54. The molecule has 1 rings (SSSR count). The molecule has 0 fully saturated rings. The van der Waals surface area contributed by atoms with Gasteiger partial charge < -0.3 is 5.32 Å². The van der Waals surface area contributed by atoms with E-state index < -0.39 is 0 Å². The summed E-state index contributed by atoms with van der Waals surface area (Å²) in [5, 5.41) is 3.48. The van der Waals surface area contributed by atoms with Gasteiger partial charge in [-0.25, -0.2) is 0 Å². The van der Waals surface area contributed by atoms with Gasteiger partial charge in [-0.1, -0.05) is 20.8 Å². The van der Waals surface area contributed by atoms with E-state index >= 15 is 0 Å². The third-order valence-corrected chi connectivity index (χ3v) is 2.40. The quantitative estimate of drug-likeness (QED) is 0.643. The largest absolute Gasteiger partial charge is 0.388 e. The van der Waals surface area contributed by atoms with E-state index in [2.05, 4.69) is 26.1 Å². The summed E-state index contributed by atoms with van der Waals surface area (Å²) in [4.78, 5) is 0. The molecule has 1 aliphatic heterocycles. The summed E-state index contributed by atoms with van der Waals surface area (Å²) >= 11 is 0. The van der Waals surface area contributed by atoms with E-state index in [-0.39, 0.29) is 0 Å². The summed E-state index contributed by atoms with van der Waals surface area (Å²) in [7, 11) is 0. The van der Waals surface area contributed by atoms with Gasteiger partial charge in [-0.3, -0.25) is 0 Å². The lowest BCUT2D eigenvalue weighted by molar-refractivity contribution is 0.577. The van der Waals surface area contributed by atoms with Crippen LogP contribution in [-0.2, 0) is 0 Å². The first-order chi connectivity index (χ1) is 5.25. The Morgan fingerprint density at radius 3 is 2.64 bits per heavy atom. The lowest BCUT2D eigenvalue weighted by Crippen LogP contribution is -2.23. The molecule has 0 aliphatic carbocycles. The Balaban J connectivity index is 2.73. The zero-order valence-corrected chi connectivity index (χ0v) is 7.91. The van der Waals surface area contributed by atoms with Crippen molar-refractivity contribution in [3.63, 3.8) is 0 Å². The summed E-state index contributed by atoms with van der Waals surface area (Å²) in [6.45, 7) is 7.99. The Labute approximate surface area is 69.9 Å². The number of rotatable bonds is 2. The second kappa shape index (κ2) is 3.80. The minimum atomic E-state index is 0.734. The highest BCUT2D eigenvalue weighted by molar-refractivity contribution is 5.16.